The molecular weight excluding hydrogens is 303 g/mol. The number of hydrogen-bond acceptors (Lipinski definition) is 1. The van der Waals surface area contributed by atoms with Gasteiger partial charge in [0.05, 0.1) is 12.7 Å². The first-order valence-corrected chi connectivity index (χ1v) is 7.32. The van der Waals surface area contributed by atoms with Gasteiger partial charge >= 0.3 is 6.18 Å². The van der Waals surface area contributed by atoms with Crippen molar-refractivity contribution in [3.63, 3.8) is 0 Å². The summed E-state index contributed by atoms with van der Waals surface area (Å²) in [6.07, 6.45) is -1.84. The van der Waals surface area contributed by atoms with Gasteiger partial charge in [-0.3, -0.25) is 0 Å². The van der Waals surface area contributed by atoms with Gasteiger partial charge in [-0.2, -0.15) is 13.2 Å². The van der Waals surface area contributed by atoms with E-state index < -0.39 is 28.6 Å². The first-order chi connectivity index (χ1) is 10.2. The van der Waals surface area contributed by atoms with Crippen LogP contribution in [0.5, 0.6) is 5.75 Å². The Labute approximate surface area is 125 Å². The molecule has 3 saturated carbocycles. The van der Waals surface area contributed by atoms with Crippen LogP contribution < -0.4 is 4.74 Å². The zero-order valence-electron chi connectivity index (χ0n) is 12.1. The van der Waals surface area contributed by atoms with E-state index in [1.807, 2.05) is 0 Å². The predicted octanol–water partition coefficient (Wildman–Crippen LogP) is 5.39. The number of fused-ring (bicyclic) bond motifs is 2. The Kier molecular flexibility index (Phi) is 3.42. The van der Waals surface area contributed by atoms with E-state index in [4.69, 9.17) is 4.74 Å². The van der Waals surface area contributed by atoms with Crippen LogP contribution in [0.2, 0.25) is 0 Å². The fraction of sp³-hybridized carbons (Fsp3) is 0.625. The van der Waals surface area contributed by atoms with E-state index in [1.54, 1.807) is 0 Å². The molecule has 1 aromatic carbocycles. The van der Waals surface area contributed by atoms with E-state index in [2.05, 4.69) is 0 Å². The zero-order valence-corrected chi connectivity index (χ0v) is 12.1. The first-order valence-electron chi connectivity index (χ1n) is 7.32. The van der Waals surface area contributed by atoms with Gasteiger partial charge in [-0.25, -0.2) is 8.78 Å². The van der Waals surface area contributed by atoms with Gasteiger partial charge < -0.3 is 4.74 Å². The van der Waals surface area contributed by atoms with Crippen molar-refractivity contribution in [3.05, 3.63) is 29.3 Å². The summed E-state index contributed by atoms with van der Waals surface area (Å²) >= 11 is 0. The van der Waals surface area contributed by atoms with Crippen LogP contribution in [-0.2, 0) is 12.1 Å². The molecule has 3 aliphatic rings. The van der Waals surface area contributed by atoms with Crippen LogP contribution in [0.15, 0.2) is 18.2 Å². The Morgan fingerprint density at radius 2 is 1.68 bits per heavy atom. The molecule has 0 unspecified atom stereocenters. The van der Waals surface area contributed by atoms with E-state index in [0.29, 0.717) is 31.2 Å². The minimum absolute atomic E-state index is 0.187. The number of benzene rings is 1. The lowest BCUT2D eigenvalue weighted by molar-refractivity contribution is -0.210. The van der Waals surface area contributed by atoms with Gasteiger partial charge in [0.25, 0.3) is 5.92 Å². The fourth-order valence-corrected chi connectivity index (χ4v) is 3.96. The highest BCUT2D eigenvalue weighted by molar-refractivity contribution is 5.39. The first kappa shape index (κ1) is 15.6. The third-order valence-electron chi connectivity index (χ3n) is 5.12. The zero-order chi connectivity index (χ0) is 16.2. The monoisotopic (exact) mass is 320 g/mol. The summed E-state index contributed by atoms with van der Waals surface area (Å²) in [5, 5.41) is 0. The van der Waals surface area contributed by atoms with Crippen molar-refractivity contribution in [2.24, 2.45) is 11.3 Å². The molecule has 0 radical (unpaired) electrons. The van der Waals surface area contributed by atoms with Crippen LogP contribution in [0.25, 0.3) is 0 Å². The lowest BCUT2D eigenvalue weighted by Gasteiger charge is -2.56. The standard InChI is InChI=1S/C16H17F5O/c1-22-13-6-11(5-12(7-13)16(19,20)21)15(17,18)14-4-2-3-10(8-14)9-14/h5-7,10H,2-4,8-9H2,1H3. The van der Waals surface area contributed by atoms with Crippen LogP contribution in [0.4, 0.5) is 22.0 Å². The Bertz CT molecular complexity index is 567. The van der Waals surface area contributed by atoms with Crippen molar-refractivity contribution < 1.29 is 26.7 Å². The molecule has 0 atom stereocenters. The summed E-state index contributed by atoms with van der Waals surface area (Å²) in [5.41, 5.74) is -2.85. The van der Waals surface area contributed by atoms with Gasteiger partial charge in [0, 0.05) is 11.0 Å². The summed E-state index contributed by atoms with van der Waals surface area (Å²) in [4.78, 5) is 0. The third-order valence-corrected chi connectivity index (χ3v) is 5.12. The van der Waals surface area contributed by atoms with Crippen molar-refractivity contribution in [1.82, 2.24) is 0 Å². The summed E-state index contributed by atoms with van der Waals surface area (Å²) < 4.78 is 73.4. The quantitative estimate of drug-likeness (QED) is 0.679. The van der Waals surface area contributed by atoms with Gasteiger partial charge in [-0.05, 0) is 43.4 Å². The number of halogens is 5. The maximum absolute atomic E-state index is 14.9. The Morgan fingerprint density at radius 1 is 1.05 bits per heavy atom. The van der Waals surface area contributed by atoms with Gasteiger partial charge in [-0.15, -0.1) is 0 Å². The molecule has 0 aliphatic heterocycles. The van der Waals surface area contributed by atoms with E-state index in [-0.39, 0.29) is 5.75 Å². The second kappa shape index (κ2) is 4.83. The smallest absolute Gasteiger partial charge is 0.416 e. The van der Waals surface area contributed by atoms with E-state index in [1.165, 1.54) is 7.11 Å². The molecule has 122 valence electrons. The highest BCUT2D eigenvalue weighted by atomic mass is 19.4. The van der Waals surface area contributed by atoms with E-state index in [0.717, 1.165) is 25.0 Å². The number of hydrogen-bond donors (Lipinski definition) is 0. The number of rotatable bonds is 3. The maximum Gasteiger partial charge on any atom is 0.416 e. The van der Waals surface area contributed by atoms with Gasteiger partial charge in [0.2, 0.25) is 0 Å². The van der Waals surface area contributed by atoms with Crippen molar-refractivity contribution in [1.29, 1.82) is 0 Å². The second-order valence-corrected chi connectivity index (χ2v) is 6.47. The molecule has 3 aliphatic carbocycles. The van der Waals surface area contributed by atoms with Crippen molar-refractivity contribution in [2.75, 3.05) is 7.11 Å². The van der Waals surface area contributed by atoms with Gasteiger partial charge in [0.1, 0.15) is 5.75 Å². The molecule has 0 spiro atoms. The van der Waals surface area contributed by atoms with E-state index in [9.17, 15) is 22.0 Å². The number of methoxy groups -OCH3 is 1. The van der Waals surface area contributed by atoms with Crippen LogP contribution >= 0.6 is 0 Å². The fourth-order valence-electron chi connectivity index (χ4n) is 3.96. The van der Waals surface area contributed by atoms with Crippen molar-refractivity contribution in [2.45, 2.75) is 44.2 Å². The van der Waals surface area contributed by atoms with Crippen molar-refractivity contribution in [3.8, 4) is 5.75 Å². The molecule has 0 N–H and O–H groups in total. The SMILES string of the molecule is COc1cc(C(F)(F)F)cc(C(F)(F)C23CCCC(C2)C3)c1. The maximum atomic E-state index is 14.9. The summed E-state index contributed by atoms with van der Waals surface area (Å²) in [7, 11) is 1.18. The average Bonchev–Trinajstić information content (AvgIpc) is 2.45. The lowest BCUT2D eigenvalue weighted by Crippen LogP contribution is -2.52. The predicted molar refractivity (Wildman–Crippen MR) is 70.9 cm³/mol. The Morgan fingerprint density at radius 3 is 2.18 bits per heavy atom. The highest BCUT2D eigenvalue weighted by Crippen LogP contribution is 2.66. The van der Waals surface area contributed by atoms with Crippen LogP contribution in [-0.4, -0.2) is 7.11 Å². The van der Waals surface area contributed by atoms with Gasteiger partial charge in [-0.1, -0.05) is 12.8 Å². The highest BCUT2D eigenvalue weighted by Gasteiger charge is 2.62. The lowest BCUT2D eigenvalue weighted by atomic mass is 9.51. The van der Waals surface area contributed by atoms with Crippen LogP contribution in [0.1, 0.15) is 43.2 Å². The second-order valence-electron chi connectivity index (χ2n) is 6.47. The summed E-state index contributed by atoms with van der Waals surface area (Å²) in [5.74, 6) is -3.15. The summed E-state index contributed by atoms with van der Waals surface area (Å²) in [6, 6.07) is 2.35. The van der Waals surface area contributed by atoms with Crippen molar-refractivity contribution >= 4 is 0 Å². The Balaban J connectivity index is 2.03. The summed E-state index contributed by atoms with van der Waals surface area (Å²) in [6.45, 7) is 0. The van der Waals surface area contributed by atoms with Crippen LogP contribution in [0, 0.1) is 11.3 Å². The molecule has 6 heteroatoms. The third kappa shape index (κ3) is 2.27. The molecule has 0 amide bonds. The topological polar surface area (TPSA) is 9.23 Å². The molecule has 0 saturated heterocycles. The number of ether oxygens (including phenoxy) is 1. The molecule has 2 bridgehead atoms. The molecule has 1 aromatic rings. The van der Waals surface area contributed by atoms with Gasteiger partial charge in [0.15, 0.2) is 0 Å². The molecule has 4 rings (SSSR count). The molecule has 0 heterocycles. The molecule has 1 nitrogen and oxygen atoms in total. The molecule has 3 fully saturated rings. The largest absolute Gasteiger partial charge is 0.497 e. The van der Waals surface area contributed by atoms with E-state index >= 15 is 0 Å². The normalized spacial score (nSPS) is 28.2. The average molecular weight is 320 g/mol. The molecule has 0 aromatic heterocycles. The molecule has 22 heavy (non-hydrogen) atoms. The Hall–Kier alpha value is -1.33. The minimum atomic E-state index is -4.67. The minimum Gasteiger partial charge on any atom is -0.497 e. The number of alkyl halides is 5. The van der Waals surface area contributed by atoms with Crippen LogP contribution in [0.3, 0.4) is 0 Å². The molecular formula is C16H17F5O.